The van der Waals surface area contributed by atoms with Gasteiger partial charge in [0.2, 0.25) is 0 Å². The number of hydrogen-bond acceptors (Lipinski definition) is 4. The lowest BCUT2D eigenvalue weighted by Crippen LogP contribution is -2.29. The maximum Gasteiger partial charge on any atom is 0.258 e. The van der Waals surface area contributed by atoms with Crippen LogP contribution in [0.5, 0.6) is 0 Å². The van der Waals surface area contributed by atoms with Gasteiger partial charge in [-0.2, -0.15) is 5.10 Å². The smallest absolute Gasteiger partial charge is 0.258 e. The normalized spacial score (nSPS) is 12.8. The van der Waals surface area contributed by atoms with Crippen molar-refractivity contribution in [3.05, 3.63) is 53.5 Å². The van der Waals surface area contributed by atoms with Crippen molar-refractivity contribution >= 4 is 17.6 Å². The molecule has 3 aromatic heterocycles. The van der Waals surface area contributed by atoms with Crippen molar-refractivity contribution in [3.8, 4) is 11.4 Å². The molecule has 3 N–H and O–H groups in total. The summed E-state index contributed by atoms with van der Waals surface area (Å²) in [5, 5.41) is 13.1. The first-order valence-corrected chi connectivity index (χ1v) is 9.33. The fourth-order valence-electron chi connectivity index (χ4n) is 3.40. The number of pyridine rings is 1. The van der Waals surface area contributed by atoms with Crippen molar-refractivity contribution in [1.29, 1.82) is 0 Å². The molecule has 8 heteroatoms. The van der Waals surface area contributed by atoms with E-state index in [0.29, 0.717) is 16.9 Å². The number of aromatic nitrogens is 4. The minimum Gasteiger partial charge on any atom is -0.350 e. The van der Waals surface area contributed by atoms with Crippen LogP contribution in [0.25, 0.3) is 11.4 Å². The number of carbonyl (C=O) groups excluding carboxylic acids is 2. The Hall–Kier alpha value is -3.42. The molecule has 4 heterocycles. The Balaban J connectivity index is 1.63. The molecule has 0 saturated carbocycles. The molecule has 0 fully saturated rings. The summed E-state index contributed by atoms with van der Waals surface area (Å²) >= 11 is 0. The van der Waals surface area contributed by atoms with Gasteiger partial charge in [0.25, 0.3) is 11.8 Å². The molecule has 0 aliphatic carbocycles. The molecule has 0 unspecified atom stereocenters. The van der Waals surface area contributed by atoms with Gasteiger partial charge in [0.1, 0.15) is 0 Å². The molecule has 8 nitrogen and oxygen atoms in total. The average Bonchev–Trinajstić information content (AvgIpc) is 3.22. The van der Waals surface area contributed by atoms with Crippen LogP contribution in [0.2, 0.25) is 0 Å². The summed E-state index contributed by atoms with van der Waals surface area (Å²) < 4.78 is 2.06. The van der Waals surface area contributed by atoms with Gasteiger partial charge in [-0.25, -0.2) is 0 Å². The van der Waals surface area contributed by atoms with Crippen molar-refractivity contribution < 1.29 is 9.59 Å². The Morgan fingerprint density at radius 3 is 2.86 bits per heavy atom. The van der Waals surface area contributed by atoms with Crippen LogP contribution in [0.1, 0.15) is 46.5 Å². The van der Waals surface area contributed by atoms with Gasteiger partial charge in [-0.1, -0.05) is 0 Å². The predicted molar refractivity (Wildman–Crippen MR) is 105 cm³/mol. The lowest BCUT2D eigenvalue weighted by Gasteiger charge is -2.06. The third-order valence-electron chi connectivity index (χ3n) is 4.68. The Bertz CT molecular complexity index is 1020. The lowest BCUT2D eigenvalue weighted by molar-refractivity contribution is 0.0942. The zero-order chi connectivity index (χ0) is 19.7. The topological polar surface area (TPSA) is 105 Å². The number of nitrogens with zero attached hydrogens (tertiary/aromatic N) is 3. The number of hydrogen-bond donors (Lipinski definition) is 3. The number of aromatic amines is 1. The second kappa shape index (κ2) is 7.30. The molecule has 4 rings (SSSR count). The molecule has 0 bridgehead atoms. The average molecular weight is 378 g/mol. The van der Waals surface area contributed by atoms with Gasteiger partial charge in [0.05, 0.1) is 22.5 Å². The molecule has 1 aliphatic heterocycles. The van der Waals surface area contributed by atoms with Crippen LogP contribution in [0, 0.1) is 0 Å². The molecule has 2 amide bonds. The summed E-state index contributed by atoms with van der Waals surface area (Å²) in [5.41, 5.74) is 3.78. The van der Waals surface area contributed by atoms with Crippen LogP contribution in [0.15, 0.2) is 36.8 Å². The quantitative estimate of drug-likeness (QED) is 0.649. The first-order chi connectivity index (χ1) is 13.5. The van der Waals surface area contributed by atoms with Crippen molar-refractivity contribution in [1.82, 2.24) is 25.1 Å². The highest BCUT2D eigenvalue weighted by atomic mass is 16.2. The molecule has 0 radical (unpaired) electrons. The van der Waals surface area contributed by atoms with E-state index in [9.17, 15) is 9.59 Å². The monoisotopic (exact) mass is 378 g/mol. The Morgan fingerprint density at radius 2 is 2.11 bits per heavy atom. The second-order valence-corrected chi connectivity index (χ2v) is 7.16. The number of nitrogens with one attached hydrogen (secondary N) is 3. The second-order valence-electron chi connectivity index (χ2n) is 7.16. The third-order valence-corrected chi connectivity index (χ3v) is 4.68. The molecule has 0 saturated heterocycles. The number of fused-ring (bicyclic) bond motifs is 3. The summed E-state index contributed by atoms with van der Waals surface area (Å²) in [6, 6.07) is 5.37. The molecular weight excluding hydrogens is 356 g/mol. The highest BCUT2D eigenvalue weighted by molar-refractivity contribution is 6.04. The summed E-state index contributed by atoms with van der Waals surface area (Å²) in [6.07, 6.45) is 6.68. The van der Waals surface area contributed by atoms with Crippen molar-refractivity contribution in [2.75, 3.05) is 5.32 Å². The summed E-state index contributed by atoms with van der Waals surface area (Å²) in [5.74, 6) is 0.174. The molecule has 3 aromatic rings. The Morgan fingerprint density at radius 1 is 1.25 bits per heavy atom. The van der Waals surface area contributed by atoms with E-state index in [2.05, 4.69) is 30.4 Å². The standard InChI is InChI=1S/C20H22N6O2/c1-12(2)22-20(28)14-9-16-17-15(6-4-8-26(16)11-14)18(25-24-17)23-19(27)13-5-3-7-21-10-13/h3,5,7,9-12H,4,6,8H2,1-2H3,(H,22,28)(H2,23,24,25,27). The van der Waals surface area contributed by atoms with E-state index >= 15 is 0 Å². The van der Waals surface area contributed by atoms with E-state index in [-0.39, 0.29) is 17.9 Å². The van der Waals surface area contributed by atoms with Crippen molar-refractivity contribution in [3.63, 3.8) is 0 Å². The molecule has 0 aromatic carbocycles. The zero-order valence-corrected chi connectivity index (χ0v) is 15.8. The maximum atomic E-state index is 12.5. The molecular formula is C20H22N6O2. The lowest BCUT2D eigenvalue weighted by atomic mass is 10.1. The number of carbonyl (C=O) groups is 2. The van der Waals surface area contributed by atoms with E-state index in [1.54, 1.807) is 18.3 Å². The fraction of sp³-hybridized carbons (Fsp3) is 0.300. The fourth-order valence-corrected chi connectivity index (χ4v) is 3.40. The minimum atomic E-state index is -0.251. The van der Waals surface area contributed by atoms with E-state index in [1.807, 2.05) is 26.1 Å². The minimum absolute atomic E-state index is 0.0733. The molecule has 144 valence electrons. The van der Waals surface area contributed by atoms with Gasteiger partial charge >= 0.3 is 0 Å². The van der Waals surface area contributed by atoms with Crippen molar-refractivity contribution in [2.45, 2.75) is 39.3 Å². The molecule has 0 spiro atoms. The van der Waals surface area contributed by atoms with E-state index in [4.69, 9.17) is 0 Å². The Labute approximate surface area is 162 Å². The molecule has 0 atom stereocenters. The summed E-state index contributed by atoms with van der Waals surface area (Å²) in [6.45, 7) is 4.66. The van der Waals surface area contributed by atoms with Crippen LogP contribution in [0.3, 0.4) is 0 Å². The predicted octanol–water partition coefficient (Wildman–Crippen LogP) is 2.61. The van der Waals surface area contributed by atoms with Gasteiger partial charge in [-0.3, -0.25) is 19.7 Å². The number of H-pyrrole nitrogens is 1. The van der Waals surface area contributed by atoms with Crippen LogP contribution in [-0.4, -0.2) is 37.6 Å². The zero-order valence-electron chi connectivity index (χ0n) is 15.8. The van der Waals surface area contributed by atoms with Crippen LogP contribution < -0.4 is 10.6 Å². The van der Waals surface area contributed by atoms with Crippen LogP contribution in [0.4, 0.5) is 5.82 Å². The highest BCUT2D eigenvalue weighted by Crippen LogP contribution is 2.32. The number of rotatable bonds is 4. The molecule has 1 aliphatic rings. The van der Waals surface area contributed by atoms with E-state index in [0.717, 1.165) is 36.3 Å². The number of anilines is 1. The first kappa shape index (κ1) is 18.0. The summed E-state index contributed by atoms with van der Waals surface area (Å²) in [7, 11) is 0. The largest absolute Gasteiger partial charge is 0.350 e. The molecule has 28 heavy (non-hydrogen) atoms. The number of amides is 2. The summed E-state index contributed by atoms with van der Waals surface area (Å²) in [4.78, 5) is 28.8. The third kappa shape index (κ3) is 3.40. The first-order valence-electron chi connectivity index (χ1n) is 9.33. The Kier molecular flexibility index (Phi) is 4.68. The SMILES string of the molecule is CC(C)NC(=O)c1cc2n(c1)CCCc1c(NC(=O)c3cccnc3)n[nH]c1-2. The van der Waals surface area contributed by atoms with Gasteiger partial charge < -0.3 is 15.2 Å². The number of aryl methyl sites for hydroxylation is 1. The van der Waals surface area contributed by atoms with Crippen LogP contribution >= 0.6 is 0 Å². The van der Waals surface area contributed by atoms with Gasteiger partial charge in [-0.05, 0) is 44.9 Å². The maximum absolute atomic E-state index is 12.5. The van der Waals surface area contributed by atoms with E-state index < -0.39 is 0 Å². The van der Waals surface area contributed by atoms with Crippen LogP contribution in [-0.2, 0) is 13.0 Å². The van der Waals surface area contributed by atoms with Gasteiger partial charge in [0.15, 0.2) is 5.82 Å². The van der Waals surface area contributed by atoms with Gasteiger partial charge in [0, 0.05) is 36.7 Å². The van der Waals surface area contributed by atoms with Crippen molar-refractivity contribution in [2.24, 2.45) is 0 Å². The van der Waals surface area contributed by atoms with E-state index in [1.165, 1.54) is 6.20 Å². The van der Waals surface area contributed by atoms with Gasteiger partial charge in [-0.15, -0.1) is 0 Å². The highest BCUT2D eigenvalue weighted by Gasteiger charge is 2.24.